The molecule has 1 aliphatic heterocycles. The maximum Gasteiger partial charge on any atom is 0.344 e. The van der Waals surface area contributed by atoms with E-state index in [-0.39, 0.29) is 18.1 Å². The van der Waals surface area contributed by atoms with Crippen molar-refractivity contribution in [3.8, 4) is 17.2 Å². The van der Waals surface area contributed by atoms with Crippen molar-refractivity contribution in [2.75, 3.05) is 38.3 Å². The number of thioether (sulfide) groups is 1. The molecule has 202 valence electrons. The highest BCUT2D eigenvalue weighted by Gasteiger charge is 2.36. The van der Waals surface area contributed by atoms with E-state index in [0.29, 0.717) is 45.3 Å². The van der Waals surface area contributed by atoms with Crippen LogP contribution in [0.4, 0.5) is 10.5 Å². The largest absolute Gasteiger partial charge is 0.494 e. The number of benzene rings is 2. The number of carbonyl (C=O) groups is 4. The van der Waals surface area contributed by atoms with Gasteiger partial charge in [-0.05, 0) is 103 Å². The summed E-state index contributed by atoms with van der Waals surface area (Å²) in [6.07, 6.45) is 1.55. The van der Waals surface area contributed by atoms with E-state index in [0.717, 1.165) is 16.7 Å². The van der Waals surface area contributed by atoms with Gasteiger partial charge in [-0.2, -0.15) is 0 Å². The molecule has 0 radical (unpaired) electrons. The highest BCUT2D eigenvalue weighted by atomic mass is 127. The Morgan fingerprint density at radius 3 is 2.37 bits per heavy atom. The third-order valence-electron chi connectivity index (χ3n) is 4.89. The molecule has 1 saturated heterocycles. The van der Waals surface area contributed by atoms with Gasteiger partial charge in [0.2, 0.25) is 5.91 Å². The summed E-state index contributed by atoms with van der Waals surface area (Å²) in [6, 6.07) is 10.2. The molecule has 3 rings (SSSR count). The quantitative estimate of drug-likeness (QED) is 0.197. The fourth-order valence-electron chi connectivity index (χ4n) is 3.34. The van der Waals surface area contributed by atoms with Crippen LogP contribution in [0.3, 0.4) is 0 Å². The number of amides is 3. The normalized spacial score (nSPS) is 14.0. The summed E-state index contributed by atoms with van der Waals surface area (Å²) in [5.74, 6) is -0.163. The molecule has 1 N–H and O–H groups in total. The summed E-state index contributed by atoms with van der Waals surface area (Å²) < 4.78 is 22.2. The number of rotatable bonds is 12. The van der Waals surface area contributed by atoms with Gasteiger partial charge < -0.3 is 24.3 Å². The molecule has 0 unspecified atom stereocenters. The van der Waals surface area contributed by atoms with Gasteiger partial charge in [-0.15, -0.1) is 0 Å². The van der Waals surface area contributed by atoms with Crippen molar-refractivity contribution in [2.45, 2.75) is 20.8 Å². The zero-order valence-corrected chi connectivity index (χ0v) is 24.1. The standard InChI is InChI=1S/C26H27IN2O8S/c1-4-34-18-9-7-17(8-10-18)28-22(30)14-29-25(32)21(38-26(29)33)13-16-11-19(27)24(20(12-16)35-5-2)37-15-23(31)36-6-3/h7-13H,4-6,14-15H2,1-3H3,(H,28,30)/b21-13+. The summed E-state index contributed by atoms with van der Waals surface area (Å²) in [4.78, 5) is 50.7. The van der Waals surface area contributed by atoms with Crippen molar-refractivity contribution in [3.63, 3.8) is 0 Å². The Hall–Kier alpha value is -3.26. The molecule has 3 amide bonds. The van der Waals surface area contributed by atoms with E-state index >= 15 is 0 Å². The highest BCUT2D eigenvalue weighted by molar-refractivity contribution is 14.1. The van der Waals surface area contributed by atoms with Crippen LogP contribution in [0.5, 0.6) is 17.2 Å². The molecule has 0 aromatic heterocycles. The fourth-order valence-corrected chi connectivity index (χ4v) is 4.96. The third-order valence-corrected chi connectivity index (χ3v) is 6.60. The van der Waals surface area contributed by atoms with Crippen LogP contribution in [0.1, 0.15) is 26.3 Å². The van der Waals surface area contributed by atoms with Crippen LogP contribution in [0, 0.1) is 3.57 Å². The van der Waals surface area contributed by atoms with Gasteiger partial charge in [0.25, 0.3) is 11.1 Å². The van der Waals surface area contributed by atoms with Crippen LogP contribution >= 0.6 is 34.4 Å². The van der Waals surface area contributed by atoms with Crippen molar-refractivity contribution in [2.24, 2.45) is 0 Å². The molecule has 2 aromatic carbocycles. The Morgan fingerprint density at radius 1 is 1.00 bits per heavy atom. The maximum atomic E-state index is 12.9. The summed E-state index contributed by atoms with van der Waals surface area (Å²) in [5.41, 5.74) is 1.11. The molecule has 0 aliphatic carbocycles. The van der Waals surface area contributed by atoms with E-state index in [2.05, 4.69) is 5.32 Å². The number of hydrogen-bond acceptors (Lipinski definition) is 9. The molecule has 0 atom stereocenters. The first-order chi connectivity index (χ1) is 18.2. The van der Waals surface area contributed by atoms with Crippen molar-refractivity contribution in [1.29, 1.82) is 0 Å². The number of hydrogen-bond donors (Lipinski definition) is 1. The van der Waals surface area contributed by atoms with Crippen LogP contribution < -0.4 is 19.5 Å². The molecule has 0 spiro atoms. The Kier molecular flexibility index (Phi) is 10.8. The van der Waals surface area contributed by atoms with Crippen LogP contribution in [0.25, 0.3) is 6.08 Å². The predicted octanol–water partition coefficient (Wildman–Crippen LogP) is 4.71. The highest BCUT2D eigenvalue weighted by Crippen LogP contribution is 2.37. The summed E-state index contributed by atoms with van der Waals surface area (Å²) in [6.45, 7) is 5.80. The summed E-state index contributed by atoms with van der Waals surface area (Å²) >= 11 is 2.78. The van der Waals surface area contributed by atoms with Crippen molar-refractivity contribution in [1.82, 2.24) is 4.90 Å². The molecule has 2 aromatic rings. The smallest absolute Gasteiger partial charge is 0.344 e. The monoisotopic (exact) mass is 654 g/mol. The van der Waals surface area contributed by atoms with Crippen molar-refractivity contribution in [3.05, 3.63) is 50.4 Å². The molecule has 0 saturated carbocycles. The molecule has 1 aliphatic rings. The second kappa shape index (κ2) is 14.0. The topological polar surface area (TPSA) is 120 Å². The van der Waals surface area contributed by atoms with Gasteiger partial charge in [0.15, 0.2) is 18.1 Å². The lowest BCUT2D eigenvalue weighted by Gasteiger charge is -2.14. The van der Waals surface area contributed by atoms with Gasteiger partial charge in [-0.1, -0.05) is 0 Å². The van der Waals surface area contributed by atoms with Crippen molar-refractivity contribution < 1.29 is 38.1 Å². The van der Waals surface area contributed by atoms with Gasteiger partial charge in [-0.25, -0.2) is 4.79 Å². The van der Waals surface area contributed by atoms with E-state index < -0.39 is 29.6 Å². The fraction of sp³-hybridized carbons (Fsp3) is 0.308. The first-order valence-electron chi connectivity index (χ1n) is 11.8. The van der Waals surface area contributed by atoms with Gasteiger partial charge >= 0.3 is 5.97 Å². The van der Waals surface area contributed by atoms with Gasteiger partial charge in [-0.3, -0.25) is 19.3 Å². The number of ether oxygens (including phenoxy) is 4. The summed E-state index contributed by atoms with van der Waals surface area (Å²) in [7, 11) is 0. The van der Waals surface area contributed by atoms with Gasteiger partial charge in [0, 0.05) is 5.69 Å². The molecular weight excluding hydrogens is 627 g/mol. The van der Waals surface area contributed by atoms with Gasteiger partial charge in [0.1, 0.15) is 12.3 Å². The Balaban J connectivity index is 1.71. The Bertz CT molecular complexity index is 1230. The molecule has 10 nitrogen and oxygen atoms in total. The second-order valence-corrected chi connectivity index (χ2v) is 9.79. The van der Waals surface area contributed by atoms with Gasteiger partial charge in [0.05, 0.1) is 28.3 Å². The lowest BCUT2D eigenvalue weighted by molar-refractivity contribution is -0.145. The average molecular weight is 654 g/mol. The van der Waals surface area contributed by atoms with Crippen LogP contribution in [0.15, 0.2) is 41.3 Å². The first-order valence-corrected chi connectivity index (χ1v) is 13.7. The summed E-state index contributed by atoms with van der Waals surface area (Å²) in [5, 5.41) is 2.13. The predicted molar refractivity (Wildman–Crippen MR) is 151 cm³/mol. The van der Waals surface area contributed by atoms with Crippen LogP contribution in [-0.2, 0) is 19.1 Å². The van der Waals surface area contributed by atoms with E-state index in [1.807, 2.05) is 29.5 Å². The number of nitrogens with one attached hydrogen (secondary N) is 1. The average Bonchev–Trinajstić information content (AvgIpc) is 3.12. The zero-order valence-electron chi connectivity index (χ0n) is 21.1. The number of imide groups is 1. The van der Waals surface area contributed by atoms with E-state index in [4.69, 9.17) is 18.9 Å². The number of anilines is 1. The molecular formula is C26H27IN2O8S. The van der Waals surface area contributed by atoms with Crippen molar-refractivity contribution >= 4 is 69.1 Å². The molecule has 12 heteroatoms. The van der Waals surface area contributed by atoms with Crippen LogP contribution in [-0.4, -0.2) is 60.9 Å². The number of halogens is 1. The number of carbonyl (C=O) groups excluding carboxylic acids is 4. The lowest BCUT2D eigenvalue weighted by atomic mass is 10.2. The molecule has 1 heterocycles. The molecule has 1 fully saturated rings. The number of nitrogens with zero attached hydrogens (tertiary/aromatic N) is 1. The van der Waals surface area contributed by atoms with Crippen LogP contribution in [0.2, 0.25) is 0 Å². The second-order valence-electron chi connectivity index (χ2n) is 7.63. The minimum atomic E-state index is -0.572. The van der Waals surface area contributed by atoms with E-state index in [1.54, 1.807) is 56.3 Å². The first kappa shape index (κ1) is 29.3. The maximum absolute atomic E-state index is 12.9. The SMILES string of the molecule is CCOC(=O)COc1c(I)cc(/C=C2/SC(=O)N(CC(=O)Nc3ccc(OCC)cc3)C2=O)cc1OCC. The Labute approximate surface area is 238 Å². The molecule has 0 bridgehead atoms. The van der Waals surface area contributed by atoms with E-state index in [9.17, 15) is 19.2 Å². The zero-order chi connectivity index (χ0) is 27.7. The lowest BCUT2D eigenvalue weighted by Crippen LogP contribution is -2.36. The Morgan fingerprint density at radius 2 is 1.71 bits per heavy atom. The third kappa shape index (κ3) is 7.87. The van der Waals surface area contributed by atoms with E-state index in [1.165, 1.54) is 0 Å². The molecule has 38 heavy (non-hydrogen) atoms. The minimum absolute atomic E-state index is 0.169. The minimum Gasteiger partial charge on any atom is -0.494 e. The number of esters is 1.